The predicted octanol–water partition coefficient (Wildman–Crippen LogP) is 3.44. The lowest BCUT2D eigenvalue weighted by Crippen LogP contribution is -2.44. The molecule has 122 valence electrons. The van der Waals surface area contributed by atoms with Crippen molar-refractivity contribution in [3.63, 3.8) is 0 Å². The first-order valence-electron chi connectivity index (χ1n) is 8.77. The predicted molar refractivity (Wildman–Crippen MR) is 92.0 cm³/mol. The van der Waals surface area contributed by atoms with E-state index in [-0.39, 0.29) is 17.2 Å². The van der Waals surface area contributed by atoms with Gasteiger partial charge >= 0.3 is 0 Å². The molecule has 0 saturated heterocycles. The third kappa shape index (κ3) is 3.23. The van der Waals surface area contributed by atoms with E-state index in [2.05, 4.69) is 22.8 Å². The number of carbonyl (C=O) groups is 1. The maximum atomic E-state index is 12.6. The molecule has 1 amide bonds. The van der Waals surface area contributed by atoms with Crippen LogP contribution >= 0.6 is 11.3 Å². The first-order chi connectivity index (χ1) is 10.7. The molecule has 1 aromatic heterocycles. The van der Waals surface area contributed by atoms with Crippen LogP contribution in [0.1, 0.15) is 56.2 Å². The van der Waals surface area contributed by atoms with Crippen molar-refractivity contribution in [3.8, 4) is 0 Å². The zero-order valence-corrected chi connectivity index (χ0v) is 14.2. The van der Waals surface area contributed by atoms with E-state index in [1.807, 2.05) is 11.3 Å². The molecule has 3 N–H and O–H groups in total. The Morgan fingerprint density at radius 1 is 1.27 bits per heavy atom. The summed E-state index contributed by atoms with van der Waals surface area (Å²) in [4.78, 5) is 14.1. The normalized spacial score (nSPS) is 27.7. The molecule has 22 heavy (non-hydrogen) atoms. The highest BCUT2D eigenvalue weighted by atomic mass is 32.1. The van der Waals surface area contributed by atoms with Gasteiger partial charge in [0.05, 0.1) is 0 Å². The van der Waals surface area contributed by atoms with Crippen LogP contribution in [0.2, 0.25) is 0 Å². The second-order valence-corrected chi connectivity index (χ2v) is 8.02. The van der Waals surface area contributed by atoms with Gasteiger partial charge in [-0.15, -0.1) is 11.3 Å². The molecule has 2 atom stereocenters. The third-order valence-electron chi connectivity index (χ3n) is 5.75. The molecule has 2 fully saturated rings. The zero-order chi connectivity index (χ0) is 15.4. The molecule has 0 spiro atoms. The van der Waals surface area contributed by atoms with E-state index >= 15 is 0 Å². The summed E-state index contributed by atoms with van der Waals surface area (Å²) < 4.78 is 0. The second kappa shape index (κ2) is 7.14. The van der Waals surface area contributed by atoms with Gasteiger partial charge in [0.25, 0.3) is 0 Å². The van der Waals surface area contributed by atoms with Crippen LogP contribution in [0.4, 0.5) is 0 Å². The minimum absolute atomic E-state index is 0.147. The molecule has 3 rings (SSSR count). The van der Waals surface area contributed by atoms with Gasteiger partial charge in [0, 0.05) is 22.8 Å². The maximum absolute atomic E-state index is 12.6. The third-order valence-corrected chi connectivity index (χ3v) is 6.87. The molecule has 0 aromatic carbocycles. The van der Waals surface area contributed by atoms with E-state index < -0.39 is 0 Å². The van der Waals surface area contributed by atoms with Crippen LogP contribution in [0, 0.1) is 11.8 Å². The van der Waals surface area contributed by atoms with Crippen LogP contribution in [0.5, 0.6) is 0 Å². The number of rotatable bonds is 5. The Hall–Kier alpha value is -0.870. The van der Waals surface area contributed by atoms with Gasteiger partial charge in [-0.1, -0.05) is 31.7 Å². The Morgan fingerprint density at radius 2 is 2.09 bits per heavy atom. The molecule has 0 unspecified atom stereocenters. The minimum Gasteiger partial charge on any atom is -0.355 e. The summed E-state index contributed by atoms with van der Waals surface area (Å²) >= 11 is 1.85. The van der Waals surface area contributed by atoms with E-state index in [0.29, 0.717) is 12.5 Å². The van der Waals surface area contributed by atoms with Crippen molar-refractivity contribution in [3.05, 3.63) is 22.4 Å². The van der Waals surface area contributed by atoms with Crippen molar-refractivity contribution < 1.29 is 4.79 Å². The first kappa shape index (κ1) is 16.0. The van der Waals surface area contributed by atoms with E-state index in [4.69, 9.17) is 5.73 Å². The van der Waals surface area contributed by atoms with Gasteiger partial charge in [0.1, 0.15) is 0 Å². The lowest BCUT2D eigenvalue weighted by atomic mass is 9.73. The number of nitrogens with one attached hydrogen (secondary N) is 1. The number of hydrogen-bond acceptors (Lipinski definition) is 3. The molecule has 0 aliphatic heterocycles. The fraction of sp³-hybridized carbons (Fsp3) is 0.722. The Morgan fingerprint density at radius 3 is 2.77 bits per heavy atom. The minimum atomic E-state index is 0.147. The van der Waals surface area contributed by atoms with E-state index in [1.54, 1.807) is 0 Å². The zero-order valence-electron chi connectivity index (χ0n) is 13.4. The fourth-order valence-corrected chi connectivity index (χ4v) is 5.36. The molecule has 1 aromatic rings. The average Bonchev–Trinajstić information content (AvgIpc) is 3.24. The Kier molecular flexibility index (Phi) is 5.19. The summed E-state index contributed by atoms with van der Waals surface area (Å²) in [6.07, 6.45) is 9.59. The summed E-state index contributed by atoms with van der Waals surface area (Å²) in [5.41, 5.74) is 6.01. The molecule has 1 heterocycles. The number of hydrogen-bond donors (Lipinski definition) is 2. The molecule has 2 aliphatic rings. The van der Waals surface area contributed by atoms with Gasteiger partial charge in [-0.05, 0) is 49.6 Å². The summed E-state index contributed by atoms with van der Waals surface area (Å²) in [6.45, 7) is 1.45. The molecular weight excluding hydrogens is 292 g/mol. The van der Waals surface area contributed by atoms with E-state index in [0.717, 1.165) is 25.8 Å². The molecule has 4 heteroatoms. The Labute approximate surface area is 137 Å². The quantitative estimate of drug-likeness (QED) is 0.873. The smallest absolute Gasteiger partial charge is 0.223 e. The topological polar surface area (TPSA) is 55.1 Å². The van der Waals surface area contributed by atoms with Crippen LogP contribution in [-0.2, 0) is 10.2 Å². The summed E-state index contributed by atoms with van der Waals surface area (Å²) in [5, 5.41) is 5.46. The molecule has 0 radical (unpaired) electrons. The largest absolute Gasteiger partial charge is 0.355 e. The van der Waals surface area contributed by atoms with Crippen LogP contribution < -0.4 is 11.1 Å². The number of nitrogens with two attached hydrogens (primary N) is 1. The molecule has 2 saturated carbocycles. The van der Waals surface area contributed by atoms with Crippen molar-refractivity contribution in [2.45, 2.75) is 56.8 Å². The van der Waals surface area contributed by atoms with Crippen LogP contribution in [0.25, 0.3) is 0 Å². The molecular formula is C18H28N2OS. The van der Waals surface area contributed by atoms with Gasteiger partial charge < -0.3 is 11.1 Å². The Bertz CT molecular complexity index is 479. The number of thiophene rings is 1. The number of carbonyl (C=O) groups excluding carboxylic acids is 1. The van der Waals surface area contributed by atoms with Gasteiger partial charge in [-0.25, -0.2) is 0 Å². The van der Waals surface area contributed by atoms with Gasteiger partial charge in [-0.3, -0.25) is 4.79 Å². The van der Waals surface area contributed by atoms with Crippen LogP contribution in [0.3, 0.4) is 0 Å². The van der Waals surface area contributed by atoms with E-state index in [1.165, 1.54) is 37.0 Å². The summed E-state index contributed by atoms with van der Waals surface area (Å²) in [7, 11) is 0. The monoisotopic (exact) mass is 320 g/mol. The molecule has 0 bridgehead atoms. The fourth-order valence-electron chi connectivity index (χ4n) is 4.37. The standard InChI is InChI=1S/C18H28N2OS/c19-12-14-6-4-7-15(14)17(21)20-13-18(9-2-1-3-10-18)16-8-5-11-22-16/h5,8,11,14-15H,1-4,6-7,9-10,12-13,19H2,(H,20,21)/t14-,15-/m1/s1. The lowest BCUT2D eigenvalue weighted by Gasteiger charge is -2.37. The van der Waals surface area contributed by atoms with Gasteiger partial charge in [-0.2, -0.15) is 0 Å². The Balaban J connectivity index is 1.65. The highest BCUT2D eigenvalue weighted by molar-refractivity contribution is 7.10. The SMILES string of the molecule is NC[C@H]1CCC[C@H]1C(=O)NCC1(c2cccs2)CCCCC1. The number of amides is 1. The van der Waals surface area contributed by atoms with Crippen molar-refractivity contribution in [1.29, 1.82) is 0 Å². The van der Waals surface area contributed by atoms with Gasteiger partial charge in [0.2, 0.25) is 5.91 Å². The molecule has 2 aliphatic carbocycles. The molecule has 3 nitrogen and oxygen atoms in total. The van der Waals surface area contributed by atoms with Gasteiger partial charge in [0.15, 0.2) is 0 Å². The average molecular weight is 321 g/mol. The van der Waals surface area contributed by atoms with Crippen LogP contribution in [0.15, 0.2) is 17.5 Å². The maximum Gasteiger partial charge on any atom is 0.223 e. The lowest BCUT2D eigenvalue weighted by molar-refractivity contribution is -0.126. The highest BCUT2D eigenvalue weighted by Crippen LogP contribution is 2.41. The second-order valence-electron chi connectivity index (χ2n) is 7.07. The van der Waals surface area contributed by atoms with Crippen molar-refractivity contribution in [2.75, 3.05) is 13.1 Å². The highest BCUT2D eigenvalue weighted by Gasteiger charge is 2.37. The van der Waals surface area contributed by atoms with Crippen molar-refractivity contribution in [1.82, 2.24) is 5.32 Å². The van der Waals surface area contributed by atoms with Crippen LogP contribution in [-0.4, -0.2) is 19.0 Å². The first-order valence-corrected chi connectivity index (χ1v) is 9.65. The van der Waals surface area contributed by atoms with Crippen molar-refractivity contribution >= 4 is 17.2 Å². The van der Waals surface area contributed by atoms with Crippen molar-refractivity contribution in [2.24, 2.45) is 17.6 Å². The summed E-state index contributed by atoms with van der Waals surface area (Å²) in [6, 6.07) is 4.39. The van der Waals surface area contributed by atoms with E-state index in [9.17, 15) is 4.79 Å². The summed E-state index contributed by atoms with van der Waals surface area (Å²) in [5.74, 6) is 0.785.